The van der Waals surface area contributed by atoms with Crippen molar-refractivity contribution in [3.05, 3.63) is 58.9 Å². The second-order valence-corrected chi connectivity index (χ2v) is 4.79. The normalized spacial score (nSPS) is 11.5. The zero-order valence-electron chi connectivity index (χ0n) is 11.2. The van der Waals surface area contributed by atoms with Gasteiger partial charge in [0.25, 0.3) is 0 Å². The van der Waals surface area contributed by atoms with Crippen LogP contribution >= 0.6 is 11.6 Å². The molecule has 1 heterocycles. The van der Waals surface area contributed by atoms with Crippen molar-refractivity contribution < 1.29 is 17.9 Å². The van der Waals surface area contributed by atoms with E-state index in [-0.39, 0.29) is 12.5 Å². The minimum absolute atomic E-state index is 0.0263. The quantitative estimate of drug-likeness (QED) is 0.761. The molecule has 0 atom stereocenters. The van der Waals surface area contributed by atoms with Crippen molar-refractivity contribution >= 4 is 11.6 Å². The smallest absolute Gasteiger partial charge is 0.416 e. The number of benzene rings is 1. The lowest BCUT2D eigenvalue weighted by molar-refractivity contribution is -0.137. The number of hydrogen-bond donors (Lipinski definition) is 0. The molecule has 1 aromatic carbocycles. The molecule has 0 aliphatic carbocycles. The number of alkyl halides is 4. The molecule has 2 aromatic rings. The van der Waals surface area contributed by atoms with Gasteiger partial charge in [-0.2, -0.15) is 13.2 Å². The first kappa shape index (κ1) is 15.6. The molecule has 2 rings (SSSR count). The van der Waals surface area contributed by atoms with Gasteiger partial charge in [0.2, 0.25) is 0 Å². The van der Waals surface area contributed by atoms with Gasteiger partial charge in [-0.15, -0.1) is 11.6 Å². The Hall–Kier alpha value is -1.75. The lowest BCUT2D eigenvalue weighted by atomic mass is 10.1. The SMILES string of the molecule is Cc1ccc(OCc2cccc(C(F)(F)F)c2)c(CCl)n1. The van der Waals surface area contributed by atoms with Crippen LogP contribution in [0.25, 0.3) is 0 Å². The van der Waals surface area contributed by atoms with E-state index in [4.69, 9.17) is 16.3 Å². The lowest BCUT2D eigenvalue weighted by Crippen LogP contribution is -2.06. The third-order valence-electron chi connectivity index (χ3n) is 2.85. The topological polar surface area (TPSA) is 22.1 Å². The molecular formula is C15H13ClF3NO. The van der Waals surface area contributed by atoms with Crippen LogP contribution in [0.5, 0.6) is 5.75 Å². The van der Waals surface area contributed by atoms with Crippen molar-refractivity contribution in [1.82, 2.24) is 4.98 Å². The molecule has 0 bridgehead atoms. The van der Waals surface area contributed by atoms with Gasteiger partial charge < -0.3 is 4.74 Å². The van der Waals surface area contributed by atoms with Crippen molar-refractivity contribution in [3.8, 4) is 5.75 Å². The van der Waals surface area contributed by atoms with Crippen LogP contribution in [0.3, 0.4) is 0 Å². The van der Waals surface area contributed by atoms with Gasteiger partial charge in [0.1, 0.15) is 12.4 Å². The maximum absolute atomic E-state index is 12.6. The number of halogens is 4. The fourth-order valence-corrected chi connectivity index (χ4v) is 2.01. The highest BCUT2D eigenvalue weighted by atomic mass is 35.5. The molecule has 112 valence electrons. The van der Waals surface area contributed by atoms with E-state index in [1.807, 2.05) is 6.92 Å². The predicted molar refractivity (Wildman–Crippen MR) is 74.3 cm³/mol. The first-order valence-electron chi connectivity index (χ1n) is 6.21. The number of nitrogens with zero attached hydrogens (tertiary/aromatic N) is 1. The minimum Gasteiger partial charge on any atom is -0.487 e. The molecule has 1 aromatic heterocycles. The molecule has 0 saturated carbocycles. The van der Waals surface area contributed by atoms with Crippen LogP contribution in [0.1, 0.15) is 22.5 Å². The molecule has 0 N–H and O–H groups in total. The summed E-state index contributed by atoms with van der Waals surface area (Å²) in [4.78, 5) is 4.22. The Kier molecular flexibility index (Phi) is 4.73. The van der Waals surface area contributed by atoms with Crippen LogP contribution in [0.4, 0.5) is 13.2 Å². The second kappa shape index (κ2) is 6.35. The minimum atomic E-state index is -4.36. The van der Waals surface area contributed by atoms with Gasteiger partial charge in [0.15, 0.2) is 0 Å². The van der Waals surface area contributed by atoms with E-state index in [1.165, 1.54) is 6.07 Å². The molecule has 0 radical (unpaired) electrons. The van der Waals surface area contributed by atoms with Crippen molar-refractivity contribution in [1.29, 1.82) is 0 Å². The second-order valence-electron chi connectivity index (χ2n) is 4.52. The largest absolute Gasteiger partial charge is 0.487 e. The van der Waals surface area contributed by atoms with E-state index in [0.717, 1.165) is 17.8 Å². The van der Waals surface area contributed by atoms with Gasteiger partial charge in [-0.1, -0.05) is 12.1 Å². The summed E-state index contributed by atoms with van der Waals surface area (Å²) in [5, 5.41) is 0. The summed E-state index contributed by atoms with van der Waals surface area (Å²) < 4.78 is 43.4. The zero-order chi connectivity index (χ0) is 15.5. The van der Waals surface area contributed by atoms with E-state index >= 15 is 0 Å². The molecule has 0 aliphatic rings. The first-order valence-corrected chi connectivity index (χ1v) is 6.75. The number of aromatic nitrogens is 1. The summed E-state index contributed by atoms with van der Waals surface area (Å²) in [7, 11) is 0. The van der Waals surface area contributed by atoms with Gasteiger partial charge in [-0.3, -0.25) is 4.98 Å². The maximum atomic E-state index is 12.6. The molecule has 0 fully saturated rings. The zero-order valence-corrected chi connectivity index (χ0v) is 12.0. The van der Waals surface area contributed by atoms with E-state index in [9.17, 15) is 13.2 Å². The van der Waals surface area contributed by atoms with Gasteiger partial charge >= 0.3 is 6.18 Å². The third-order valence-corrected chi connectivity index (χ3v) is 3.10. The van der Waals surface area contributed by atoms with Crippen LogP contribution in [0, 0.1) is 6.92 Å². The summed E-state index contributed by atoms with van der Waals surface area (Å²) in [5.41, 5.74) is 1.12. The van der Waals surface area contributed by atoms with Crippen molar-refractivity contribution in [2.45, 2.75) is 25.6 Å². The monoisotopic (exact) mass is 315 g/mol. The fourth-order valence-electron chi connectivity index (χ4n) is 1.82. The lowest BCUT2D eigenvalue weighted by Gasteiger charge is -2.12. The summed E-state index contributed by atoms with van der Waals surface area (Å²) >= 11 is 5.78. The summed E-state index contributed by atoms with van der Waals surface area (Å²) in [6, 6.07) is 8.52. The molecule has 0 spiro atoms. The van der Waals surface area contributed by atoms with Crippen LogP contribution in [-0.2, 0) is 18.7 Å². The summed E-state index contributed by atoms with van der Waals surface area (Å²) in [6.45, 7) is 1.85. The fraction of sp³-hybridized carbons (Fsp3) is 0.267. The highest BCUT2D eigenvalue weighted by molar-refractivity contribution is 6.17. The van der Waals surface area contributed by atoms with E-state index in [0.29, 0.717) is 17.0 Å². The highest BCUT2D eigenvalue weighted by Gasteiger charge is 2.30. The van der Waals surface area contributed by atoms with Gasteiger partial charge in [-0.05, 0) is 36.8 Å². The van der Waals surface area contributed by atoms with Crippen LogP contribution in [0.2, 0.25) is 0 Å². The van der Waals surface area contributed by atoms with E-state index in [1.54, 1.807) is 18.2 Å². The average Bonchev–Trinajstić information content (AvgIpc) is 2.45. The average molecular weight is 316 g/mol. The van der Waals surface area contributed by atoms with Gasteiger partial charge in [0.05, 0.1) is 17.1 Å². The summed E-state index contributed by atoms with van der Waals surface area (Å²) in [6.07, 6.45) is -4.36. The van der Waals surface area contributed by atoms with E-state index < -0.39 is 11.7 Å². The van der Waals surface area contributed by atoms with Crippen LogP contribution < -0.4 is 4.74 Å². The number of ether oxygens (including phenoxy) is 1. The van der Waals surface area contributed by atoms with E-state index in [2.05, 4.69) is 4.98 Å². The van der Waals surface area contributed by atoms with Crippen LogP contribution in [-0.4, -0.2) is 4.98 Å². The molecule has 2 nitrogen and oxygen atoms in total. The Bertz CT molecular complexity index is 629. The molecule has 0 amide bonds. The van der Waals surface area contributed by atoms with Crippen molar-refractivity contribution in [2.24, 2.45) is 0 Å². The molecule has 6 heteroatoms. The van der Waals surface area contributed by atoms with Crippen LogP contribution in [0.15, 0.2) is 36.4 Å². The van der Waals surface area contributed by atoms with Crippen molar-refractivity contribution in [3.63, 3.8) is 0 Å². The first-order chi connectivity index (χ1) is 9.90. The Morgan fingerprint density at radius 3 is 2.62 bits per heavy atom. The highest BCUT2D eigenvalue weighted by Crippen LogP contribution is 2.30. The Morgan fingerprint density at radius 1 is 1.19 bits per heavy atom. The number of aryl methyl sites for hydroxylation is 1. The Morgan fingerprint density at radius 2 is 1.95 bits per heavy atom. The molecular weight excluding hydrogens is 303 g/mol. The molecule has 21 heavy (non-hydrogen) atoms. The van der Waals surface area contributed by atoms with Gasteiger partial charge in [-0.25, -0.2) is 0 Å². The Labute approximate surface area is 125 Å². The molecule has 0 saturated heterocycles. The number of pyridine rings is 1. The Balaban J connectivity index is 2.13. The van der Waals surface area contributed by atoms with Crippen molar-refractivity contribution in [2.75, 3.05) is 0 Å². The maximum Gasteiger partial charge on any atom is 0.416 e. The predicted octanol–water partition coefficient (Wildman–Crippen LogP) is 4.73. The van der Waals surface area contributed by atoms with Gasteiger partial charge in [0, 0.05) is 5.69 Å². The molecule has 0 aliphatic heterocycles. The number of hydrogen-bond acceptors (Lipinski definition) is 2. The summed E-state index contributed by atoms with van der Waals surface area (Å²) in [5.74, 6) is 0.660. The molecule has 0 unspecified atom stereocenters. The third kappa shape index (κ3) is 4.11. The number of rotatable bonds is 4. The standard InChI is InChI=1S/C15H13ClF3NO/c1-10-5-6-14(13(8-16)20-10)21-9-11-3-2-4-12(7-11)15(17,18)19/h2-7H,8-9H2,1H3.